The third-order valence-electron chi connectivity index (χ3n) is 5.21. The van der Waals surface area contributed by atoms with Crippen LogP contribution < -0.4 is 0 Å². The lowest BCUT2D eigenvalue weighted by atomic mass is 9.93. The van der Waals surface area contributed by atoms with Gasteiger partial charge in [0.05, 0.1) is 30.8 Å². The molecule has 1 fully saturated rings. The van der Waals surface area contributed by atoms with Gasteiger partial charge in [-0.2, -0.15) is 13.2 Å². The van der Waals surface area contributed by atoms with Crippen LogP contribution in [0.5, 0.6) is 0 Å². The van der Waals surface area contributed by atoms with E-state index in [1.807, 2.05) is 16.7 Å². The quantitative estimate of drug-likeness (QED) is 0.744. The van der Waals surface area contributed by atoms with Gasteiger partial charge in [0.1, 0.15) is 5.82 Å². The second-order valence-electron chi connectivity index (χ2n) is 6.83. The number of fused-ring (bicyclic) bond motifs is 3. The van der Waals surface area contributed by atoms with Gasteiger partial charge in [-0.15, -0.1) is 10.2 Å². The molecule has 1 saturated carbocycles. The number of hydrogen-bond donors (Lipinski definition) is 1. The number of aromatic amines is 1. The second-order valence-corrected chi connectivity index (χ2v) is 6.83. The van der Waals surface area contributed by atoms with Crippen LogP contribution >= 0.6 is 0 Å². The van der Waals surface area contributed by atoms with Gasteiger partial charge in [-0.05, 0) is 24.8 Å². The fourth-order valence-corrected chi connectivity index (χ4v) is 3.96. The number of hydrogen-bond acceptors (Lipinski definition) is 4. The zero-order valence-electron chi connectivity index (χ0n) is 14.3. The number of aromatic nitrogens is 5. The van der Waals surface area contributed by atoms with Gasteiger partial charge in [-0.3, -0.25) is 4.40 Å². The molecule has 140 valence electrons. The lowest BCUT2D eigenvalue weighted by Crippen LogP contribution is -2.16. The van der Waals surface area contributed by atoms with Crippen molar-refractivity contribution in [2.24, 2.45) is 5.92 Å². The number of H-pyrrole nitrogens is 1. The molecule has 3 aromatic rings. The van der Waals surface area contributed by atoms with Crippen molar-refractivity contribution >= 4 is 16.8 Å². The van der Waals surface area contributed by atoms with Gasteiger partial charge in [0, 0.05) is 12.1 Å². The first kappa shape index (κ1) is 17.3. The van der Waals surface area contributed by atoms with Crippen molar-refractivity contribution < 1.29 is 17.9 Å². The first-order chi connectivity index (χ1) is 12.5. The van der Waals surface area contributed by atoms with Crippen LogP contribution in [0.4, 0.5) is 13.2 Å². The lowest BCUT2D eigenvalue weighted by Gasteiger charge is -2.15. The molecule has 0 unspecified atom stereocenters. The van der Waals surface area contributed by atoms with Crippen molar-refractivity contribution in [1.82, 2.24) is 24.6 Å². The minimum Gasteiger partial charge on any atom is -0.378 e. The van der Waals surface area contributed by atoms with Crippen LogP contribution in [0.1, 0.15) is 44.3 Å². The van der Waals surface area contributed by atoms with Crippen molar-refractivity contribution in [3.63, 3.8) is 0 Å². The Labute approximate surface area is 147 Å². The standard InChI is InChI=1S/C17H20F3N5O/c1-2-10-7-11(26-6-4-17(18,19)20)8-12(10)16-24-23-14-9-22-15-13(25(14)16)3-5-21-15/h3,5,9-12,21H,2,4,6-8H2,1H3/t10-,11-,12+/m1/s1. The maximum atomic E-state index is 12.4. The second kappa shape index (κ2) is 6.53. The van der Waals surface area contributed by atoms with Crippen molar-refractivity contribution in [2.75, 3.05) is 6.61 Å². The van der Waals surface area contributed by atoms with Crippen LogP contribution in [-0.2, 0) is 4.74 Å². The number of halogens is 3. The fourth-order valence-electron chi connectivity index (χ4n) is 3.96. The average molecular weight is 367 g/mol. The van der Waals surface area contributed by atoms with E-state index in [0.717, 1.165) is 29.8 Å². The van der Waals surface area contributed by atoms with Crippen LogP contribution in [0.25, 0.3) is 16.8 Å². The molecule has 0 aliphatic heterocycles. The monoisotopic (exact) mass is 367 g/mol. The topological polar surface area (TPSA) is 68.1 Å². The van der Waals surface area contributed by atoms with E-state index >= 15 is 0 Å². The molecule has 0 aromatic carbocycles. The summed E-state index contributed by atoms with van der Waals surface area (Å²) in [5.74, 6) is 1.24. The van der Waals surface area contributed by atoms with E-state index in [0.29, 0.717) is 18.0 Å². The van der Waals surface area contributed by atoms with Crippen molar-refractivity contribution in [3.8, 4) is 0 Å². The minimum atomic E-state index is -4.18. The molecule has 1 aliphatic carbocycles. The normalized spacial score (nSPS) is 24.1. The Bertz CT molecular complexity index is 903. The van der Waals surface area contributed by atoms with Gasteiger partial charge in [-0.25, -0.2) is 4.98 Å². The Morgan fingerprint density at radius 2 is 2.15 bits per heavy atom. The Morgan fingerprint density at radius 3 is 2.92 bits per heavy atom. The van der Waals surface area contributed by atoms with E-state index in [-0.39, 0.29) is 18.6 Å². The predicted octanol–water partition coefficient (Wildman–Crippen LogP) is 3.85. The summed E-state index contributed by atoms with van der Waals surface area (Å²) in [6, 6.07) is 1.93. The molecule has 0 saturated heterocycles. The molecule has 3 aromatic heterocycles. The highest BCUT2D eigenvalue weighted by Crippen LogP contribution is 2.42. The summed E-state index contributed by atoms with van der Waals surface area (Å²) in [4.78, 5) is 7.39. The van der Waals surface area contributed by atoms with Gasteiger partial charge in [0.2, 0.25) is 0 Å². The fraction of sp³-hybridized carbons (Fsp3) is 0.588. The smallest absolute Gasteiger partial charge is 0.378 e. The zero-order chi connectivity index (χ0) is 18.3. The van der Waals surface area contributed by atoms with Crippen LogP contribution in [-0.4, -0.2) is 43.5 Å². The van der Waals surface area contributed by atoms with Gasteiger partial charge in [0.15, 0.2) is 11.3 Å². The Kier molecular flexibility index (Phi) is 4.34. The Morgan fingerprint density at radius 1 is 1.31 bits per heavy atom. The van der Waals surface area contributed by atoms with Crippen LogP contribution in [0.15, 0.2) is 18.5 Å². The first-order valence-electron chi connectivity index (χ1n) is 8.81. The van der Waals surface area contributed by atoms with Crippen LogP contribution in [0.2, 0.25) is 0 Å². The van der Waals surface area contributed by atoms with E-state index in [1.54, 1.807) is 6.20 Å². The molecular formula is C17H20F3N5O. The molecule has 9 heteroatoms. The Hall–Kier alpha value is -2.16. The van der Waals surface area contributed by atoms with E-state index in [9.17, 15) is 13.2 Å². The molecule has 3 atom stereocenters. The molecule has 0 spiro atoms. The van der Waals surface area contributed by atoms with Crippen molar-refractivity contribution in [1.29, 1.82) is 0 Å². The molecule has 0 radical (unpaired) electrons. The third-order valence-corrected chi connectivity index (χ3v) is 5.21. The molecule has 3 heterocycles. The lowest BCUT2D eigenvalue weighted by molar-refractivity contribution is -0.148. The van der Waals surface area contributed by atoms with Gasteiger partial charge in [0.25, 0.3) is 0 Å². The van der Waals surface area contributed by atoms with Gasteiger partial charge >= 0.3 is 6.18 Å². The van der Waals surface area contributed by atoms with E-state index < -0.39 is 12.6 Å². The molecular weight excluding hydrogens is 347 g/mol. The maximum Gasteiger partial charge on any atom is 0.391 e. The van der Waals surface area contributed by atoms with Gasteiger partial charge < -0.3 is 9.72 Å². The highest BCUT2D eigenvalue weighted by molar-refractivity contribution is 5.74. The highest BCUT2D eigenvalue weighted by Gasteiger charge is 2.38. The molecule has 0 amide bonds. The summed E-state index contributed by atoms with van der Waals surface area (Å²) in [6.07, 6.45) is 0.537. The molecule has 1 aliphatic rings. The Balaban J connectivity index is 1.58. The minimum absolute atomic E-state index is 0.103. The number of nitrogens with one attached hydrogen (secondary N) is 1. The number of alkyl halides is 3. The summed E-state index contributed by atoms with van der Waals surface area (Å²) >= 11 is 0. The highest BCUT2D eigenvalue weighted by atomic mass is 19.4. The number of ether oxygens (including phenoxy) is 1. The molecule has 26 heavy (non-hydrogen) atoms. The summed E-state index contributed by atoms with van der Waals surface area (Å²) in [5.41, 5.74) is 2.32. The summed E-state index contributed by atoms with van der Waals surface area (Å²) < 4.78 is 44.6. The summed E-state index contributed by atoms with van der Waals surface area (Å²) in [6.45, 7) is 1.80. The SMILES string of the molecule is CC[C@@H]1C[C@@H](OCCC(F)(F)F)C[C@@H]1c1nnc2cnc3[nH]ccc3n12. The van der Waals surface area contributed by atoms with Crippen LogP contribution in [0.3, 0.4) is 0 Å². The zero-order valence-corrected chi connectivity index (χ0v) is 14.3. The number of rotatable bonds is 5. The van der Waals surface area contributed by atoms with E-state index in [4.69, 9.17) is 4.74 Å². The molecule has 6 nitrogen and oxygen atoms in total. The maximum absolute atomic E-state index is 12.4. The molecule has 4 rings (SSSR count). The first-order valence-corrected chi connectivity index (χ1v) is 8.81. The molecule has 0 bridgehead atoms. The average Bonchev–Trinajstić information content (AvgIpc) is 3.29. The molecule has 1 N–H and O–H groups in total. The van der Waals surface area contributed by atoms with Crippen LogP contribution in [0, 0.1) is 5.92 Å². The van der Waals surface area contributed by atoms with E-state index in [2.05, 4.69) is 27.1 Å². The van der Waals surface area contributed by atoms with E-state index in [1.165, 1.54) is 0 Å². The summed E-state index contributed by atoms with van der Waals surface area (Å²) in [7, 11) is 0. The van der Waals surface area contributed by atoms with Crippen molar-refractivity contribution in [2.45, 2.75) is 50.8 Å². The third kappa shape index (κ3) is 3.15. The van der Waals surface area contributed by atoms with Gasteiger partial charge in [-0.1, -0.05) is 13.3 Å². The largest absolute Gasteiger partial charge is 0.391 e. The predicted molar refractivity (Wildman–Crippen MR) is 88.8 cm³/mol. The van der Waals surface area contributed by atoms with Crippen molar-refractivity contribution in [3.05, 3.63) is 24.3 Å². The number of nitrogens with zero attached hydrogens (tertiary/aromatic N) is 4. The summed E-state index contributed by atoms with van der Waals surface area (Å²) in [5, 5.41) is 8.61.